The van der Waals surface area contributed by atoms with Gasteiger partial charge in [-0.2, -0.15) is 0 Å². The molecule has 0 spiro atoms. The summed E-state index contributed by atoms with van der Waals surface area (Å²) in [4.78, 5) is 40.8. The monoisotopic (exact) mass is 440 g/mol. The molecule has 0 bridgehead atoms. The number of carbonyl (C=O) groups excluding carboxylic acids is 3. The summed E-state index contributed by atoms with van der Waals surface area (Å²) in [6.45, 7) is 5.25. The molecule has 0 aromatic heterocycles. The number of likely N-dealkylation sites (tertiary alicyclic amines) is 1. The van der Waals surface area contributed by atoms with Gasteiger partial charge < -0.3 is 15.0 Å². The standard InChI is InChI=1S/C24H32N4O4/c1-2-32-17-13-27(14-17)20-6-4-3-5-19(20)25-16-7-8-18-15(11-16)12-28(24(18)31)21-9-10-22(29)26-23(21)30/h7-8,11,17,19-21,25H,2-6,9-10,12-14H2,1H3,(H,26,29,30)/t19-,20-,21?/m1/s1. The SMILES string of the molecule is CCOC1CN([C@@H]2CCCC[C@H]2Nc2ccc3c(c2)CN(C2CCC(=O)NC2=O)C3=O)C1. The van der Waals surface area contributed by atoms with Gasteiger partial charge in [-0.3, -0.25) is 24.6 Å². The number of benzene rings is 1. The molecule has 1 aromatic carbocycles. The number of hydrogen-bond acceptors (Lipinski definition) is 6. The van der Waals surface area contributed by atoms with Crippen LogP contribution in [0.25, 0.3) is 0 Å². The van der Waals surface area contributed by atoms with Crippen LogP contribution in [0.2, 0.25) is 0 Å². The average molecular weight is 441 g/mol. The van der Waals surface area contributed by atoms with E-state index in [4.69, 9.17) is 4.74 Å². The Kier molecular flexibility index (Phi) is 5.90. The first-order valence-corrected chi connectivity index (χ1v) is 11.9. The molecule has 3 amide bonds. The smallest absolute Gasteiger partial charge is 0.255 e. The topological polar surface area (TPSA) is 91.0 Å². The molecule has 1 unspecified atom stereocenters. The fraction of sp³-hybridized carbons (Fsp3) is 0.625. The van der Waals surface area contributed by atoms with Crippen molar-refractivity contribution in [1.82, 2.24) is 15.1 Å². The maximum absolute atomic E-state index is 12.9. The number of ether oxygens (including phenoxy) is 1. The fourth-order valence-electron chi connectivity index (χ4n) is 5.68. The Balaban J connectivity index is 1.26. The summed E-state index contributed by atoms with van der Waals surface area (Å²) in [6, 6.07) is 6.23. The average Bonchev–Trinajstić information content (AvgIpc) is 3.07. The predicted molar refractivity (Wildman–Crippen MR) is 119 cm³/mol. The zero-order valence-electron chi connectivity index (χ0n) is 18.6. The van der Waals surface area contributed by atoms with Crippen molar-refractivity contribution in [2.24, 2.45) is 0 Å². The summed E-state index contributed by atoms with van der Waals surface area (Å²) in [7, 11) is 0. The van der Waals surface area contributed by atoms with Crippen LogP contribution in [0.5, 0.6) is 0 Å². The molecule has 3 heterocycles. The molecule has 1 aliphatic carbocycles. The molecule has 8 heteroatoms. The summed E-state index contributed by atoms with van der Waals surface area (Å²) in [6.07, 6.45) is 5.85. The van der Waals surface area contributed by atoms with E-state index in [1.807, 2.05) is 19.1 Å². The Hall–Kier alpha value is -2.45. The molecule has 172 valence electrons. The highest BCUT2D eigenvalue weighted by molar-refractivity contribution is 6.05. The second-order valence-electron chi connectivity index (χ2n) is 9.41. The van der Waals surface area contributed by atoms with Crippen molar-refractivity contribution in [3.05, 3.63) is 29.3 Å². The predicted octanol–water partition coefficient (Wildman–Crippen LogP) is 1.89. The molecule has 0 radical (unpaired) electrons. The molecule has 4 aliphatic rings. The van der Waals surface area contributed by atoms with E-state index in [-0.39, 0.29) is 24.1 Å². The van der Waals surface area contributed by atoms with Crippen molar-refractivity contribution >= 4 is 23.4 Å². The third-order valence-electron chi connectivity index (χ3n) is 7.35. The van der Waals surface area contributed by atoms with Crippen LogP contribution in [0.1, 0.15) is 61.4 Å². The number of piperidine rings is 1. The van der Waals surface area contributed by atoms with Crippen molar-refractivity contribution in [2.75, 3.05) is 25.0 Å². The number of amides is 3. The number of anilines is 1. The number of fused-ring (bicyclic) bond motifs is 1. The van der Waals surface area contributed by atoms with Crippen molar-refractivity contribution in [2.45, 2.75) is 76.2 Å². The fourth-order valence-corrected chi connectivity index (χ4v) is 5.68. The lowest BCUT2D eigenvalue weighted by atomic mass is 9.87. The molecule has 2 N–H and O–H groups in total. The van der Waals surface area contributed by atoms with Crippen molar-refractivity contribution in [3.8, 4) is 0 Å². The molecule has 3 fully saturated rings. The lowest BCUT2D eigenvalue weighted by molar-refractivity contribution is -0.136. The Morgan fingerprint density at radius 2 is 1.94 bits per heavy atom. The van der Waals surface area contributed by atoms with E-state index in [2.05, 4.69) is 21.6 Å². The van der Waals surface area contributed by atoms with Gasteiger partial charge in [0.2, 0.25) is 11.8 Å². The van der Waals surface area contributed by atoms with Crippen LogP contribution in [-0.4, -0.2) is 71.4 Å². The summed E-state index contributed by atoms with van der Waals surface area (Å²) in [5.74, 6) is -0.761. The van der Waals surface area contributed by atoms with Crippen LogP contribution in [0, 0.1) is 0 Å². The van der Waals surface area contributed by atoms with Gasteiger partial charge in [-0.25, -0.2) is 0 Å². The van der Waals surface area contributed by atoms with Crippen LogP contribution in [0.4, 0.5) is 5.69 Å². The second-order valence-corrected chi connectivity index (χ2v) is 9.41. The van der Waals surface area contributed by atoms with Crippen molar-refractivity contribution in [1.29, 1.82) is 0 Å². The van der Waals surface area contributed by atoms with Crippen molar-refractivity contribution in [3.63, 3.8) is 0 Å². The Morgan fingerprint density at radius 3 is 2.72 bits per heavy atom. The summed E-state index contributed by atoms with van der Waals surface area (Å²) in [5, 5.41) is 6.10. The van der Waals surface area contributed by atoms with E-state index < -0.39 is 6.04 Å². The molecule has 1 saturated carbocycles. The van der Waals surface area contributed by atoms with E-state index in [9.17, 15) is 14.4 Å². The summed E-state index contributed by atoms with van der Waals surface area (Å²) >= 11 is 0. The van der Waals surface area contributed by atoms with Crippen molar-refractivity contribution < 1.29 is 19.1 Å². The number of imide groups is 1. The molecular formula is C24H32N4O4. The third-order valence-corrected chi connectivity index (χ3v) is 7.35. The Labute approximate surface area is 188 Å². The second kappa shape index (κ2) is 8.83. The lowest BCUT2D eigenvalue weighted by Gasteiger charge is -2.48. The van der Waals surface area contributed by atoms with E-state index in [1.165, 1.54) is 19.3 Å². The number of rotatable bonds is 6. The first-order valence-electron chi connectivity index (χ1n) is 11.9. The van der Waals surface area contributed by atoms with Gasteiger partial charge in [0.25, 0.3) is 5.91 Å². The van der Waals surface area contributed by atoms with Crippen LogP contribution in [0.3, 0.4) is 0 Å². The zero-order valence-corrected chi connectivity index (χ0v) is 18.6. The first kappa shape index (κ1) is 21.4. The molecule has 2 saturated heterocycles. The molecule has 32 heavy (non-hydrogen) atoms. The van der Waals surface area contributed by atoms with Gasteiger partial charge in [-0.1, -0.05) is 12.8 Å². The van der Waals surface area contributed by atoms with Gasteiger partial charge in [0.15, 0.2) is 0 Å². The number of nitrogens with one attached hydrogen (secondary N) is 2. The highest BCUT2D eigenvalue weighted by atomic mass is 16.5. The van der Waals surface area contributed by atoms with E-state index in [1.54, 1.807) is 4.90 Å². The minimum atomic E-state index is -0.573. The minimum Gasteiger partial charge on any atom is -0.381 e. The molecule has 8 nitrogen and oxygen atoms in total. The van der Waals surface area contributed by atoms with Crippen LogP contribution >= 0.6 is 0 Å². The zero-order chi connectivity index (χ0) is 22.2. The van der Waals surface area contributed by atoms with Gasteiger partial charge >= 0.3 is 0 Å². The maximum atomic E-state index is 12.9. The highest BCUT2D eigenvalue weighted by Gasteiger charge is 2.40. The quantitative estimate of drug-likeness (QED) is 0.657. The summed E-state index contributed by atoms with van der Waals surface area (Å²) < 4.78 is 5.74. The third kappa shape index (κ3) is 4.01. The lowest BCUT2D eigenvalue weighted by Crippen LogP contribution is -2.61. The molecule has 1 aromatic rings. The van der Waals surface area contributed by atoms with Crippen LogP contribution in [0.15, 0.2) is 18.2 Å². The molecular weight excluding hydrogens is 408 g/mol. The van der Waals surface area contributed by atoms with Crippen LogP contribution < -0.4 is 10.6 Å². The number of hydrogen-bond donors (Lipinski definition) is 2. The van der Waals surface area contributed by atoms with Crippen LogP contribution in [-0.2, 0) is 20.9 Å². The molecule has 5 rings (SSSR count). The van der Waals surface area contributed by atoms with Gasteiger partial charge in [-0.15, -0.1) is 0 Å². The summed E-state index contributed by atoms with van der Waals surface area (Å²) in [5.41, 5.74) is 2.63. The number of carbonyl (C=O) groups is 3. The van der Waals surface area contributed by atoms with Gasteiger partial charge in [-0.05, 0) is 49.9 Å². The first-order chi connectivity index (χ1) is 15.5. The molecule has 3 aliphatic heterocycles. The minimum absolute atomic E-state index is 0.126. The Morgan fingerprint density at radius 1 is 1.12 bits per heavy atom. The normalized spacial score (nSPS) is 29.0. The van der Waals surface area contributed by atoms with E-state index >= 15 is 0 Å². The van der Waals surface area contributed by atoms with Gasteiger partial charge in [0.1, 0.15) is 6.04 Å². The number of nitrogens with zero attached hydrogens (tertiary/aromatic N) is 2. The maximum Gasteiger partial charge on any atom is 0.255 e. The van der Waals surface area contributed by atoms with Gasteiger partial charge in [0, 0.05) is 56.0 Å². The van der Waals surface area contributed by atoms with Gasteiger partial charge in [0.05, 0.1) is 6.10 Å². The highest BCUT2D eigenvalue weighted by Crippen LogP contribution is 2.33. The van der Waals surface area contributed by atoms with E-state index in [0.717, 1.165) is 37.4 Å². The Bertz CT molecular complexity index is 913. The van der Waals surface area contributed by atoms with E-state index in [0.29, 0.717) is 36.7 Å². The molecule has 3 atom stereocenters. The largest absolute Gasteiger partial charge is 0.381 e.